The van der Waals surface area contributed by atoms with Crippen molar-refractivity contribution in [2.75, 3.05) is 7.05 Å². The molecule has 0 heterocycles. The van der Waals surface area contributed by atoms with E-state index in [-0.39, 0.29) is 5.56 Å². The van der Waals surface area contributed by atoms with Crippen LogP contribution in [-0.2, 0) is 4.79 Å². The number of amides is 1. The quantitative estimate of drug-likeness (QED) is 0.922. The molecule has 110 valence electrons. The Hall–Kier alpha value is -2.25. The summed E-state index contributed by atoms with van der Waals surface area (Å²) >= 11 is 0. The van der Waals surface area contributed by atoms with Crippen molar-refractivity contribution in [3.05, 3.63) is 29.8 Å². The Balaban J connectivity index is 3.07. The van der Waals surface area contributed by atoms with E-state index in [1.54, 1.807) is 0 Å². The van der Waals surface area contributed by atoms with Crippen LogP contribution in [0.5, 0.6) is 5.75 Å². The monoisotopic (exact) mass is 291 g/mol. The second-order valence-corrected chi connectivity index (χ2v) is 3.97. The zero-order chi connectivity index (χ0) is 15.5. The molecule has 1 N–H and O–H groups in total. The number of hydrogen-bond donors (Lipinski definition) is 1. The normalized spacial score (nSPS) is 12.7. The van der Waals surface area contributed by atoms with Crippen molar-refractivity contribution in [1.29, 1.82) is 0 Å². The molecule has 0 saturated carbocycles. The molecule has 1 amide bonds. The van der Waals surface area contributed by atoms with Crippen LogP contribution in [0.1, 0.15) is 17.3 Å². The van der Waals surface area contributed by atoms with Crippen molar-refractivity contribution in [2.24, 2.45) is 0 Å². The van der Waals surface area contributed by atoms with E-state index in [1.165, 1.54) is 26.1 Å². The number of likely N-dealkylation sites (N-methyl/N-ethyl adjacent to an activating group) is 1. The van der Waals surface area contributed by atoms with Crippen molar-refractivity contribution in [1.82, 2.24) is 4.90 Å². The Labute approximate surface area is 112 Å². The van der Waals surface area contributed by atoms with Crippen LogP contribution in [0.15, 0.2) is 24.3 Å². The maximum absolute atomic E-state index is 12.2. The first-order chi connectivity index (χ1) is 9.13. The number of para-hydroxylation sites is 1. The van der Waals surface area contributed by atoms with Crippen LogP contribution in [0.3, 0.4) is 0 Å². The predicted molar refractivity (Wildman–Crippen MR) is 62.3 cm³/mol. The van der Waals surface area contributed by atoms with Crippen molar-refractivity contribution in [3.63, 3.8) is 0 Å². The highest BCUT2D eigenvalue weighted by atomic mass is 19.4. The third-order valence-electron chi connectivity index (χ3n) is 2.60. The Morgan fingerprint density at radius 1 is 1.30 bits per heavy atom. The van der Waals surface area contributed by atoms with Gasteiger partial charge in [-0.3, -0.25) is 4.79 Å². The molecule has 1 rings (SSSR count). The van der Waals surface area contributed by atoms with Crippen molar-refractivity contribution >= 4 is 11.9 Å². The third kappa shape index (κ3) is 3.87. The van der Waals surface area contributed by atoms with Gasteiger partial charge in [0.1, 0.15) is 11.8 Å². The SMILES string of the molecule is CC(C(=O)O)N(C)C(=O)c1ccccc1OC(F)(F)F. The molecule has 5 nitrogen and oxygen atoms in total. The molecule has 0 fully saturated rings. The molecule has 0 aromatic heterocycles. The summed E-state index contributed by atoms with van der Waals surface area (Å²) in [4.78, 5) is 23.6. The topological polar surface area (TPSA) is 66.8 Å². The van der Waals surface area contributed by atoms with E-state index >= 15 is 0 Å². The van der Waals surface area contributed by atoms with E-state index in [2.05, 4.69) is 4.74 Å². The second-order valence-electron chi connectivity index (χ2n) is 3.97. The molecule has 1 aromatic rings. The lowest BCUT2D eigenvalue weighted by Gasteiger charge is -2.22. The third-order valence-corrected chi connectivity index (χ3v) is 2.60. The van der Waals surface area contributed by atoms with Crippen LogP contribution in [0, 0.1) is 0 Å². The van der Waals surface area contributed by atoms with Gasteiger partial charge in [-0.05, 0) is 19.1 Å². The molecule has 0 saturated heterocycles. The summed E-state index contributed by atoms with van der Waals surface area (Å²) in [6.45, 7) is 1.24. The average molecular weight is 291 g/mol. The lowest BCUT2D eigenvalue weighted by molar-refractivity contribution is -0.274. The minimum atomic E-state index is -4.94. The first kappa shape index (κ1) is 15.8. The van der Waals surface area contributed by atoms with Crippen LogP contribution in [0.4, 0.5) is 13.2 Å². The minimum absolute atomic E-state index is 0.361. The largest absolute Gasteiger partial charge is 0.573 e. The number of alkyl halides is 3. The number of nitrogens with zero attached hydrogens (tertiary/aromatic N) is 1. The Morgan fingerprint density at radius 2 is 1.85 bits per heavy atom. The van der Waals surface area contributed by atoms with Gasteiger partial charge in [0.05, 0.1) is 5.56 Å². The number of carbonyl (C=O) groups is 2. The highest BCUT2D eigenvalue weighted by Crippen LogP contribution is 2.27. The standard InChI is InChI=1S/C12H12F3NO4/c1-7(11(18)19)16(2)10(17)8-5-3-4-6-9(8)20-12(13,14)15/h3-7H,1-2H3,(H,18,19). The summed E-state index contributed by atoms with van der Waals surface area (Å²) in [6, 6.07) is 3.57. The van der Waals surface area contributed by atoms with Gasteiger partial charge in [0.2, 0.25) is 0 Å². The summed E-state index contributed by atoms with van der Waals surface area (Å²) in [5.74, 6) is -2.82. The maximum Gasteiger partial charge on any atom is 0.573 e. The van der Waals surface area contributed by atoms with Crippen molar-refractivity contribution in [2.45, 2.75) is 19.3 Å². The van der Waals surface area contributed by atoms with E-state index in [0.29, 0.717) is 0 Å². The van der Waals surface area contributed by atoms with Gasteiger partial charge in [-0.15, -0.1) is 13.2 Å². The first-order valence-electron chi connectivity index (χ1n) is 5.48. The molecule has 20 heavy (non-hydrogen) atoms. The summed E-state index contributed by atoms with van der Waals surface area (Å²) in [5, 5.41) is 8.80. The number of carbonyl (C=O) groups excluding carboxylic acids is 1. The Bertz CT molecular complexity index is 516. The number of carboxylic acids is 1. The van der Waals surface area contributed by atoms with Crippen LogP contribution in [0.2, 0.25) is 0 Å². The molecule has 0 radical (unpaired) electrons. The molecule has 0 aliphatic rings. The lowest BCUT2D eigenvalue weighted by atomic mass is 10.1. The lowest BCUT2D eigenvalue weighted by Crippen LogP contribution is -2.40. The van der Waals surface area contributed by atoms with Gasteiger partial charge >= 0.3 is 12.3 Å². The fourth-order valence-electron chi connectivity index (χ4n) is 1.39. The molecule has 0 aliphatic carbocycles. The Morgan fingerprint density at radius 3 is 2.35 bits per heavy atom. The van der Waals surface area contributed by atoms with Gasteiger partial charge < -0.3 is 14.7 Å². The van der Waals surface area contributed by atoms with Gasteiger partial charge in [-0.1, -0.05) is 12.1 Å². The van der Waals surface area contributed by atoms with E-state index in [0.717, 1.165) is 17.0 Å². The van der Waals surface area contributed by atoms with Crippen LogP contribution < -0.4 is 4.74 Å². The van der Waals surface area contributed by atoms with Crippen LogP contribution in [-0.4, -0.2) is 41.3 Å². The number of rotatable bonds is 4. The minimum Gasteiger partial charge on any atom is -0.480 e. The molecule has 1 aromatic carbocycles. The molecular weight excluding hydrogens is 279 g/mol. The van der Waals surface area contributed by atoms with Crippen molar-refractivity contribution in [3.8, 4) is 5.75 Å². The smallest absolute Gasteiger partial charge is 0.480 e. The summed E-state index contributed by atoms with van der Waals surface area (Å²) in [7, 11) is 1.19. The number of ether oxygens (including phenoxy) is 1. The highest BCUT2D eigenvalue weighted by molar-refractivity contribution is 5.98. The van der Waals surface area contributed by atoms with E-state index < -0.39 is 30.0 Å². The number of carboxylic acid groups (broad SMARTS) is 1. The molecule has 1 unspecified atom stereocenters. The zero-order valence-corrected chi connectivity index (χ0v) is 10.6. The molecule has 0 aliphatic heterocycles. The molecule has 0 bridgehead atoms. The highest BCUT2D eigenvalue weighted by Gasteiger charge is 2.34. The van der Waals surface area contributed by atoms with E-state index in [1.807, 2.05) is 0 Å². The van der Waals surface area contributed by atoms with Crippen LogP contribution >= 0.6 is 0 Å². The van der Waals surface area contributed by atoms with Gasteiger partial charge in [-0.2, -0.15) is 0 Å². The van der Waals surface area contributed by atoms with Gasteiger partial charge in [0.15, 0.2) is 0 Å². The molecular formula is C12H12F3NO4. The molecule has 8 heteroatoms. The maximum atomic E-state index is 12.2. The average Bonchev–Trinajstić information content (AvgIpc) is 2.34. The molecule has 1 atom stereocenters. The van der Waals surface area contributed by atoms with Crippen LogP contribution in [0.25, 0.3) is 0 Å². The van der Waals surface area contributed by atoms with Gasteiger partial charge in [-0.25, -0.2) is 4.79 Å². The fraction of sp³-hybridized carbons (Fsp3) is 0.333. The predicted octanol–water partition coefficient (Wildman–Crippen LogP) is 2.13. The first-order valence-corrected chi connectivity index (χ1v) is 5.48. The summed E-state index contributed by atoms with van der Waals surface area (Å²) in [6.07, 6.45) is -4.94. The second kappa shape index (κ2) is 5.81. The summed E-state index contributed by atoms with van der Waals surface area (Å²) in [5.41, 5.74) is -0.361. The van der Waals surface area contributed by atoms with Crippen molar-refractivity contribution < 1.29 is 32.6 Å². The van der Waals surface area contributed by atoms with E-state index in [4.69, 9.17) is 5.11 Å². The number of benzene rings is 1. The fourth-order valence-corrected chi connectivity index (χ4v) is 1.39. The van der Waals surface area contributed by atoms with E-state index in [9.17, 15) is 22.8 Å². The molecule has 0 spiro atoms. The number of hydrogen-bond acceptors (Lipinski definition) is 3. The van der Waals surface area contributed by atoms with Gasteiger partial charge in [0, 0.05) is 7.05 Å². The Kier molecular flexibility index (Phi) is 4.59. The summed E-state index contributed by atoms with van der Waals surface area (Å²) < 4.78 is 40.4. The number of halogens is 3. The number of aliphatic carboxylic acids is 1. The zero-order valence-electron chi connectivity index (χ0n) is 10.6. The van der Waals surface area contributed by atoms with Gasteiger partial charge in [0.25, 0.3) is 5.91 Å².